The number of aromatic nitrogens is 3. The number of amides is 1. The van der Waals surface area contributed by atoms with Gasteiger partial charge in [-0.1, -0.05) is 11.2 Å². The maximum Gasteiger partial charge on any atom is 0.322 e. The summed E-state index contributed by atoms with van der Waals surface area (Å²) in [7, 11) is 3.02. The van der Waals surface area contributed by atoms with Gasteiger partial charge in [-0.25, -0.2) is 0 Å². The Morgan fingerprint density at radius 2 is 1.83 bits per heavy atom. The summed E-state index contributed by atoms with van der Waals surface area (Å²) in [5.41, 5.74) is 0.859. The maximum atomic E-state index is 12.3. The van der Waals surface area contributed by atoms with Gasteiger partial charge in [0.2, 0.25) is 0 Å². The van der Waals surface area contributed by atoms with Crippen LogP contribution in [0.25, 0.3) is 11.6 Å². The molecule has 0 aliphatic rings. The maximum absolute atomic E-state index is 12.3. The molecule has 0 radical (unpaired) electrons. The van der Waals surface area contributed by atoms with Crippen LogP contribution in [0.1, 0.15) is 10.4 Å². The quantitative estimate of drug-likeness (QED) is 0.768. The minimum Gasteiger partial charge on any atom is -0.497 e. The second-order valence-corrected chi connectivity index (χ2v) is 4.68. The minimum atomic E-state index is -0.427. The number of rotatable bonds is 5. The van der Waals surface area contributed by atoms with E-state index in [2.05, 4.69) is 20.5 Å². The second-order valence-electron chi connectivity index (χ2n) is 4.68. The van der Waals surface area contributed by atoms with Gasteiger partial charge in [-0.3, -0.25) is 15.1 Å². The van der Waals surface area contributed by atoms with Gasteiger partial charge in [-0.15, -0.1) is 5.10 Å². The molecule has 8 heteroatoms. The summed E-state index contributed by atoms with van der Waals surface area (Å²) < 4.78 is 15.7. The highest BCUT2D eigenvalue weighted by Gasteiger charge is 2.15. The molecule has 24 heavy (non-hydrogen) atoms. The molecule has 0 unspecified atom stereocenters. The standard InChI is InChI=1S/C16H14N4O4/c1-22-11-7-10(8-12(9-11)23-2)14(21)18-16-20-19-15(24-16)13-5-3-4-6-17-13/h3-9H,1-2H3,(H,18,20,21). The Bertz CT molecular complexity index is 826. The van der Waals surface area contributed by atoms with E-state index in [0.29, 0.717) is 22.8 Å². The summed E-state index contributed by atoms with van der Waals surface area (Å²) in [6.45, 7) is 0. The van der Waals surface area contributed by atoms with Crippen molar-refractivity contribution in [2.75, 3.05) is 19.5 Å². The topological polar surface area (TPSA) is 99.4 Å². The third kappa shape index (κ3) is 3.32. The molecule has 3 rings (SSSR count). The molecule has 2 aromatic heterocycles. The molecule has 2 heterocycles. The van der Waals surface area contributed by atoms with Crippen molar-refractivity contribution in [3.05, 3.63) is 48.2 Å². The molecule has 1 aromatic carbocycles. The number of carbonyl (C=O) groups is 1. The average molecular weight is 326 g/mol. The van der Waals surface area contributed by atoms with Crippen LogP contribution < -0.4 is 14.8 Å². The smallest absolute Gasteiger partial charge is 0.322 e. The van der Waals surface area contributed by atoms with E-state index >= 15 is 0 Å². The summed E-state index contributed by atoms with van der Waals surface area (Å²) in [6.07, 6.45) is 1.61. The van der Waals surface area contributed by atoms with Crippen LogP contribution in [0.3, 0.4) is 0 Å². The lowest BCUT2D eigenvalue weighted by Gasteiger charge is -2.07. The molecule has 0 aliphatic heterocycles. The van der Waals surface area contributed by atoms with E-state index in [1.807, 2.05) is 0 Å². The summed E-state index contributed by atoms with van der Waals surface area (Å²) in [5, 5.41) is 10.2. The monoisotopic (exact) mass is 326 g/mol. The van der Waals surface area contributed by atoms with Crippen LogP contribution in [0.2, 0.25) is 0 Å². The van der Waals surface area contributed by atoms with E-state index in [4.69, 9.17) is 13.9 Å². The van der Waals surface area contributed by atoms with Gasteiger partial charge >= 0.3 is 6.01 Å². The van der Waals surface area contributed by atoms with Crippen molar-refractivity contribution in [2.45, 2.75) is 0 Å². The van der Waals surface area contributed by atoms with Crippen molar-refractivity contribution in [3.63, 3.8) is 0 Å². The number of methoxy groups -OCH3 is 2. The van der Waals surface area contributed by atoms with E-state index in [1.165, 1.54) is 14.2 Å². The molecule has 1 N–H and O–H groups in total. The van der Waals surface area contributed by atoms with Crippen LogP contribution in [-0.2, 0) is 0 Å². The number of nitrogens with one attached hydrogen (secondary N) is 1. The molecule has 3 aromatic rings. The Hall–Kier alpha value is -3.42. The number of anilines is 1. The van der Waals surface area contributed by atoms with Gasteiger partial charge in [-0.2, -0.15) is 0 Å². The van der Waals surface area contributed by atoms with Crippen LogP contribution in [0, 0.1) is 0 Å². The first-order chi connectivity index (χ1) is 11.7. The third-order valence-electron chi connectivity index (χ3n) is 3.14. The van der Waals surface area contributed by atoms with Crippen molar-refractivity contribution in [3.8, 4) is 23.1 Å². The second kappa shape index (κ2) is 6.78. The van der Waals surface area contributed by atoms with Gasteiger partial charge in [-0.05, 0) is 24.3 Å². The summed E-state index contributed by atoms with van der Waals surface area (Å²) in [6, 6.07) is 10.1. The zero-order valence-corrected chi connectivity index (χ0v) is 13.0. The van der Waals surface area contributed by atoms with E-state index in [1.54, 1.807) is 42.6 Å². The molecular formula is C16H14N4O4. The Balaban J connectivity index is 1.79. The van der Waals surface area contributed by atoms with Gasteiger partial charge in [0.15, 0.2) is 0 Å². The first kappa shape index (κ1) is 15.5. The molecule has 0 atom stereocenters. The lowest BCUT2D eigenvalue weighted by Crippen LogP contribution is -2.12. The Morgan fingerprint density at radius 1 is 1.08 bits per heavy atom. The van der Waals surface area contributed by atoms with Gasteiger partial charge < -0.3 is 13.9 Å². The predicted octanol–water partition coefficient (Wildman–Crippen LogP) is 2.40. The van der Waals surface area contributed by atoms with E-state index < -0.39 is 5.91 Å². The average Bonchev–Trinajstić information content (AvgIpc) is 3.10. The molecule has 0 bridgehead atoms. The van der Waals surface area contributed by atoms with Gasteiger partial charge in [0.25, 0.3) is 11.8 Å². The molecule has 0 spiro atoms. The molecule has 1 amide bonds. The SMILES string of the molecule is COc1cc(OC)cc(C(=O)Nc2nnc(-c3ccccn3)o2)c1. The van der Waals surface area contributed by atoms with E-state index in [0.717, 1.165) is 0 Å². The van der Waals surface area contributed by atoms with Crippen LogP contribution in [-0.4, -0.2) is 35.3 Å². The highest BCUT2D eigenvalue weighted by molar-refractivity contribution is 6.03. The van der Waals surface area contributed by atoms with E-state index in [-0.39, 0.29) is 11.9 Å². The first-order valence-corrected chi connectivity index (χ1v) is 6.99. The number of nitrogens with zero attached hydrogens (tertiary/aromatic N) is 3. The van der Waals surface area contributed by atoms with E-state index in [9.17, 15) is 4.79 Å². The minimum absolute atomic E-state index is 0.0255. The van der Waals surface area contributed by atoms with Crippen LogP contribution >= 0.6 is 0 Å². The Morgan fingerprint density at radius 3 is 2.46 bits per heavy atom. The highest BCUT2D eigenvalue weighted by atomic mass is 16.5. The van der Waals surface area contributed by atoms with Crippen LogP contribution in [0.5, 0.6) is 11.5 Å². The number of ether oxygens (including phenoxy) is 2. The zero-order valence-electron chi connectivity index (χ0n) is 13.0. The third-order valence-corrected chi connectivity index (χ3v) is 3.14. The van der Waals surface area contributed by atoms with Gasteiger partial charge in [0, 0.05) is 17.8 Å². The first-order valence-electron chi connectivity index (χ1n) is 6.99. The number of pyridine rings is 1. The molecule has 0 fully saturated rings. The highest BCUT2D eigenvalue weighted by Crippen LogP contribution is 2.23. The predicted molar refractivity (Wildman–Crippen MR) is 85.0 cm³/mol. The Kier molecular flexibility index (Phi) is 4.37. The van der Waals surface area contributed by atoms with Crippen LogP contribution in [0.4, 0.5) is 6.01 Å². The lowest BCUT2D eigenvalue weighted by molar-refractivity contribution is 0.102. The largest absolute Gasteiger partial charge is 0.497 e. The van der Waals surface area contributed by atoms with Crippen molar-refractivity contribution < 1.29 is 18.7 Å². The molecule has 0 saturated heterocycles. The fourth-order valence-corrected chi connectivity index (χ4v) is 1.97. The molecule has 0 saturated carbocycles. The van der Waals surface area contributed by atoms with Gasteiger partial charge in [0.05, 0.1) is 14.2 Å². The van der Waals surface area contributed by atoms with Crippen molar-refractivity contribution in [1.29, 1.82) is 0 Å². The lowest BCUT2D eigenvalue weighted by atomic mass is 10.2. The fraction of sp³-hybridized carbons (Fsp3) is 0.125. The zero-order chi connectivity index (χ0) is 16.9. The van der Waals surface area contributed by atoms with Crippen molar-refractivity contribution in [2.24, 2.45) is 0 Å². The Labute approximate surface area is 137 Å². The molecule has 122 valence electrons. The molecule has 0 aliphatic carbocycles. The fourth-order valence-electron chi connectivity index (χ4n) is 1.97. The summed E-state index contributed by atoms with van der Waals surface area (Å²) in [4.78, 5) is 16.4. The summed E-state index contributed by atoms with van der Waals surface area (Å²) >= 11 is 0. The molecule has 8 nitrogen and oxygen atoms in total. The summed E-state index contributed by atoms with van der Waals surface area (Å²) in [5.74, 6) is 0.788. The number of carbonyl (C=O) groups excluding carboxylic acids is 1. The van der Waals surface area contributed by atoms with Gasteiger partial charge in [0.1, 0.15) is 17.2 Å². The number of hydrogen-bond acceptors (Lipinski definition) is 7. The number of hydrogen-bond donors (Lipinski definition) is 1. The molecular weight excluding hydrogens is 312 g/mol. The normalized spacial score (nSPS) is 10.2. The number of benzene rings is 1. The van der Waals surface area contributed by atoms with Crippen molar-refractivity contribution >= 4 is 11.9 Å². The van der Waals surface area contributed by atoms with Crippen LogP contribution in [0.15, 0.2) is 47.0 Å². The van der Waals surface area contributed by atoms with Crippen molar-refractivity contribution in [1.82, 2.24) is 15.2 Å².